The first-order chi connectivity index (χ1) is 4.81. The zero-order valence-electron chi connectivity index (χ0n) is 5.79. The third-order valence-electron chi connectivity index (χ3n) is 0.856. The van der Waals surface area contributed by atoms with Gasteiger partial charge in [-0.05, 0) is 0 Å². The van der Waals surface area contributed by atoms with Gasteiger partial charge in [-0.1, -0.05) is 12.2 Å². The Morgan fingerprint density at radius 1 is 1.60 bits per heavy atom. The standard InChI is InChI=1S/C6H12N3O/c1-2-5-9(10)6-3-4-8-7/h2-4,8H,1,5-7H2/q-1/b4-3+. The van der Waals surface area contributed by atoms with Crippen LogP contribution in [0.25, 0.3) is 0 Å². The van der Waals surface area contributed by atoms with Gasteiger partial charge in [0.1, 0.15) is 0 Å². The van der Waals surface area contributed by atoms with Crippen LogP contribution in [0.3, 0.4) is 0 Å². The van der Waals surface area contributed by atoms with Crippen LogP contribution in [0.2, 0.25) is 0 Å². The molecule has 0 aromatic carbocycles. The van der Waals surface area contributed by atoms with E-state index in [1.165, 1.54) is 6.20 Å². The van der Waals surface area contributed by atoms with E-state index >= 15 is 0 Å². The number of nitrogens with one attached hydrogen (secondary N) is 1. The van der Waals surface area contributed by atoms with E-state index < -0.39 is 0 Å². The van der Waals surface area contributed by atoms with E-state index in [1.807, 2.05) is 0 Å². The van der Waals surface area contributed by atoms with Crippen molar-refractivity contribution in [2.45, 2.75) is 0 Å². The second kappa shape index (κ2) is 6.28. The minimum atomic E-state index is 0.330. The SMILES string of the molecule is C=CCN([O-])C/C=C/NN. The van der Waals surface area contributed by atoms with E-state index in [-0.39, 0.29) is 0 Å². The van der Waals surface area contributed by atoms with Gasteiger partial charge >= 0.3 is 0 Å². The number of nitrogens with two attached hydrogens (primary N) is 1. The van der Waals surface area contributed by atoms with E-state index in [0.717, 1.165) is 5.06 Å². The lowest BCUT2D eigenvalue weighted by Gasteiger charge is -2.24. The molecule has 0 radical (unpaired) electrons. The molecule has 0 unspecified atom stereocenters. The Kier molecular flexibility index (Phi) is 5.75. The Labute approximate surface area is 60.6 Å². The van der Waals surface area contributed by atoms with Gasteiger partial charge < -0.3 is 15.7 Å². The van der Waals surface area contributed by atoms with Crippen molar-refractivity contribution in [2.24, 2.45) is 5.84 Å². The molecule has 0 amide bonds. The molecule has 0 atom stereocenters. The quantitative estimate of drug-likeness (QED) is 0.321. The van der Waals surface area contributed by atoms with Gasteiger partial charge in [-0.3, -0.25) is 5.84 Å². The second-order valence-electron chi connectivity index (χ2n) is 1.70. The molecule has 0 saturated carbocycles. The van der Waals surface area contributed by atoms with Crippen LogP contribution in [0.1, 0.15) is 0 Å². The summed E-state index contributed by atoms with van der Waals surface area (Å²) < 4.78 is 0. The predicted octanol–water partition coefficient (Wildman–Crippen LogP) is -0.0508. The van der Waals surface area contributed by atoms with Gasteiger partial charge in [-0.15, -0.1) is 6.58 Å². The van der Waals surface area contributed by atoms with Crippen molar-refractivity contribution < 1.29 is 0 Å². The van der Waals surface area contributed by atoms with Crippen LogP contribution in [0, 0.1) is 5.21 Å². The first-order valence-electron chi connectivity index (χ1n) is 2.95. The second-order valence-corrected chi connectivity index (χ2v) is 1.70. The lowest BCUT2D eigenvalue weighted by Crippen LogP contribution is -2.18. The highest BCUT2D eigenvalue weighted by Gasteiger charge is 1.80. The number of hydrogen-bond donors (Lipinski definition) is 2. The lowest BCUT2D eigenvalue weighted by atomic mass is 10.5. The number of hydrazine groups is 1. The van der Waals surface area contributed by atoms with E-state index in [0.29, 0.717) is 13.1 Å². The molecule has 0 aliphatic carbocycles. The van der Waals surface area contributed by atoms with Crippen LogP contribution in [0.5, 0.6) is 0 Å². The largest absolute Gasteiger partial charge is 0.785 e. The average molecular weight is 142 g/mol. The summed E-state index contributed by atoms with van der Waals surface area (Å²) in [4.78, 5) is 0. The van der Waals surface area contributed by atoms with Gasteiger partial charge in [0.2, 0.25) is 0 Å². The van der Waals surface area contributed by atoms with E-state index in [9.17, 15) is 5.21 Å². The Morgan fingerprint density at radius 2 is 2.30 bits per heavy atom. The smallest absolute Gasteiger partial charge is 0.00951 e. The lowest BCUT2D eigenvalue weighted by molar-refractivity contribution is 0.464. The van der Waals surface area contributed by atoms with Gasteiger partial charge in [-0.2, -0.15) is 0 Å². The third-order valence-corrected chi connectivity index (χ3v) is 0.856. The molecule has 3 N–H and O–H groups in total. The molecule has 0 aliphatic rings. The van der Waals surface area contributed by atoms with Crippen LogP contribution in [0.4, 0.5) is 0 Å². The van der Waals surface area contributed by atoms with Crippen molar-refractivity contribution in [2.75, 3.05) is 13.1 Å². The van der Waals surface area contributed by atoms with Gasteiger partial charge in [0.15, 0.2) is 0 Å². The Bertz CT molecular complexity index is 114. The van der Waals surface area contributed by atoms with Crippen molar-refractivity contribution in [3.63, 3.8) is 0 Å². The summed E-state index contributed by atoms with van der Waals surface area (Å²) in [7, 11) is 0. The van der Waals surface area contributed by atoms with E-state index in [2.05, 4.69) is 12.0 Å². The Morgan fingerprint density at radius 3 is 2.80 bits per heavy atom. The predicted molar refractivity (Wildman–Crippen MR) is 41.6 cm³/mol. The van der Waals surface area contributed by atoms with E-state index in [1.54, 1.807) is 12.2 Å². The van der Waals surface area contributed by atoms with Crippen LogP contribution < -0.4 is 11.3 Å². The van der Waals surface area contributed by atoms with Gasteiger partial charge in [-0.25, -0.2) is 0 Å². The van der Waals surface area contributed by atoms with Crippen LogP contribution in [-0.2, 0) is 0 Å². The first-order valence-corrected chi connectivity index (χ1v) is 2.95. The molecule has 10 heavy (non-hydrogen) atoms. The van der Waals surface area contributed by atoms with Crippen molar-refractivity contribution in [3.05, 3.63) is 30.1 Å². The van der Waals surface area contributed by atoms with Crippen molar-refractivity contribution in [1.82, 2.24) is 10.5 Å². The molecule has 0 fully saturated rings. The number of rotatable bonds is 5. The summed E-state index contributed by atoms with van der Waals surface area (Å²) in [6, 6.07) is 0. The molecule has 0 bridgehead atoms. The summed E-state index contributed by atoms with van der Waals surface area (Å²) in [6.07, 6.45) is 4.70. The van der Waals surface area contributed by atoms with Crippen molar-refractivity contribution >= 4 is 0 Å². The number of hydroxylamine groups is 2. The third kappa shape index (κ3) is 5.30. The fourth-order valence-corrected chi connectivity index (χ4v) is 0.457. The summed E-state index contributed by atoms with van der Waals surface area (Å²) >= 11 is 0. The number of nitrogens with zero attached hydrogens (tertiary/aromatic N) is 1. The topological polar surface area (TPSA) is 64.3 Å². The maximum atomic E-state index is 10.6. The minimum Gasteiger partial charge on any atom is -0.785 e. The van der Waals surface area contributed by atoms with Crippen LogP contribution >= 0.6 is 0 Å². The highest BCUT2D eigenvalue weighted by molar-refractivity contribution is 4.84. The molecule has 4 nitrogen and oxygen atoms in total. The first kappa shape index (κ1) is 9.16. The molecule has 0 aromatic heterocycles. The maximum Gasteiger partial charge on any atom is 0.00951 e. The molecule has 0 spiro atoms. The molecule has 0 aliphatic heterocycles. The van der Waals surface area contributed by atoms with Crippen molar-refractivity contribution in [3.8, 4) is 0 Å². The van der Waals surface area contributed by atoms with Crippen LogP contribution in [0.15, 0.2) is 24.9 Å². The van der Waals surface area contributed by atoms with Crippen LogP contribution in [-0.4, -0.2) is 18.2 Å². The fourth-order valence-electron chi connectivity index (χ4n) is 0.457. The van der Waals surface area contributed by atoms with Crippen molar-refractivity contribution in [1.29, 1.82) is 0 Å². The monoisotopic (exact) mass is 142 g/mol. The molecule has 0 rings (SSSR count). The molecule has 4 heteroatoms. The Balaban J connectivity index is 3.28. The summed E-state index contributed by atoms with van der Waals surface area (Å²) in [5, 5.41) is 11.5. The zero-order chi connectivity index (χ0) is 7.82. The Hall–Kier alpha value is -0.840. The molecular weight excluding hydrogens is 130 g/mol. The minimum absolute atomic E-state index is 0.330. The summed E-state index contributed by atoms with van der Waals surface area (Å²) in [5.74, 6) is 4.91. The zero-order valence-corrected chi connectivity index (χ0v) is 5.79. The fraction of sp³-hybridized carbons (Fsp3) is 0.333. The van der Waals surface area contributed by atoms with E-state index in [4.69, 9.17) is 5.84 Å². The molecule has 0 aromatic rings. The van der Waals surface area contributed by atoms with Gasteiger partial charge in [0, 0.05) is 19.3 Å². The molecule has 58 valence electrons. The maximum absolute atomic E-state index is 10.6. The highest BCUT2D eigenvalue weighted by Crippen LogP contribution is 1.83. The van der Waals surface area contributed by atoms with Gasteiger partial charge in [0.05, 0.1) is 0 Å². The molecule has 0 saturated heterocycles. The number of hydrogen-bond acceptors (Lipinski definition) is 4. The normalized spacial score (nSPS) is 10.7. The van der Waals surface area contributed by atoms with Gasteiger partial charge in [0.25, 0.3) is 0 Å². The average Bonchev–Trinajstić information content (AvgIpc) is 1.89. The molecule has 0 heterocycles. The summed E-state index contributed by atoms with van der Waals surface area (Å²) in [5.41, 5.74) is 2.29. The molecular formula is C6H12N3O-. The summed E-state index contributed by atoms with van der Waals surface area (Å²) in [6.45, 7) is 4.09. The highest BCUT2D eigenvalue weighted by atomic mass is 16.5.